The summed E-state index contributed by atoms with van der Waals surface area (Å²) in [5.41, 5.74) is 0.924. The first kappa shape index (κ1) is 17.3. The standard InChI is InChI=1S/C17H20ClN3O2/c18-15-3-1-2-14(10-15)11-17(23)21-8-5-13(6-9-21)12-20-16(22)4-7-19/h1-3,10,13H,4-6,8-9,11-12H2,(H,20,22). The van der Waals surface area contributed by atoms with Crippen LogP contribution in [-0.4, -0.2) is 36.3 Å². The van der Waals surface area contributed by atoms with E-state index in [1.165, 1.54) is 0 Å². The molecule has 0 spiro atoms. The summed E-state index contributed by atoms with van der Waals surface area (Å²) in [6.07, 6.45) is 2.00. The average Bonchev–Trinajstić information content (AvgIpc) is 2.54. The number of nitrogens with zero attached hydrogens (tertiary/aromatic N) is 2. The molecule has 0 bridgehead atoms. The van der Waals surface area contributed by atoms with E-state index in [0.717, 1.165) is 18.4 Å². The van der Waals surface area contributed by atoms with E-state index in [9.17, 15) is 9.59 Å². The molecule has 2 rings (SSSR count). The number of benzene rings is 1. The monoisotopic (exact) mass is 333 g/mol. The van der Waals surface area contributed by atoms with Crippen LogP contribution in [0.3, 0.4) is 0 Å². The second kappa shape index (κ2) is 8.54. The highest BCUT2D eigenvalue weighted by Gasteiger charge is 2.23. The normalized spacial score (nSPS) is 15.0. The number of nitriles is 1. The van der Waals surface area contributed by atoms with Crippen LogP contribution in [-0.2, 0) is 16.0 Å². The van der Waals surface area contributed by atoms with Crippen LogP contribution in [0, 0.1) is 17.2 Å². The zero-order chi connectivity index (χ0) is 16.7. The van der Waals surface area contributed by atoms with Crippen LogP contribution in [0.2, 0.25) is 5.02 Å². The Bertz CT molecular complexity index is 604. The highest BCUT2D eigenvalue weighted by Crippen LogP contribution is 2.18. The SMILES string of the molecule is N#CCC(=O)NCC1CCN(C(=O)Cc2cccc(Cl)c2)CC1. The number of hydrogen-bond acceptors (Lipinski definition) is 3. The first-order valence-corrected chi connectivity index (χ1v) is 8.12. The molecule has 6 heteroatoms. The molecule has 0 aromatic heterocycles. The van der Waals surface area contributed by atoms with E-state index in [0.29, 0.717) is 37.0 Å². The molecular formula is C17H20ClN3O2. The number of nitrogens with one attached hydrogen (secondary N) is 1. The van der Waals surface area contributed by atoms with E-state index >= 15 is 0 Å². The molecule has 0 saturated carbocycles. The Balaban J connectivity index is 1.74. The predicted octanol–water partition coefficient (Wildman–Crippen LogP) is 2.15. The van der Waals surface area contributed by atoms with Crippen LogP contribution >= 0.6 is 11.6 Å². The first-order valence-electron chi connectivity index (χ1n) is 7.74. The van der Waals surface area contributed by atoms with Gasteiger partial charge in [0.15, 0.2) is 0 Å². The van der Waals surface area contributed by atoms with Crippen LogP contribution in [0.4, 0.5) is 0 Å². The number of hydrogen-bond donors (Lipinski definition) is 1. The minimum Gasteiger partial charge on any atom is -0.355 e. The number of halogens is 1. The van der Waals surface area contributed by atoms with Crippen molar-refractivity contribution in [2.24, 2.45) is 5.92 Å². The summed E-state index contributed by atoms with van der Waals surface area (Å²) in [6.45, 7) is 1.99. The second-order valence-electron chi connectivity index (χ2n) is 5.77. The van der Waals surface area contributed by atoms with Gasteiger partial charge >= 0.3 is 0 Å². The maximum Gasteiger partial charge on any atom is 0.234 e. The minimum absolute atomic E-state index is 0.100. The molecule has 23 heavy (non-hydrogen) atoms. The molecule has 122 valence electrons. The van der Waals surface area contributed by atoms with Gasteiger partial charge in [0.2, 0.25) is 11.8 Å². The molecule has 1 aromatic rings. The lowest BCUT2D eigenvalue weighted by molar-refractivity contribution is -0.132. The molecule has 1 aliphatic rings. The molecule has 1 aliphatic heterocycles. The van der Waals surface area contributed by atoms with Crippen molar-refractivity contribution in [3.05, 3.63) is 34.9 Å². The predicted molar refractivity (Wildman–Crippen MR) is 87.7 cm³/mol. The summed E-state index contributed by atoms with van der Waals surface area (Å²) < 4.78 is 0. The highest BCUT2D eigenvalue weighted by molar-refractivity contribution is 6.30. The fourth-order valence-corrected chi connectivity index (χ4v) is 2.93. The lowest BCUT2D eigenvalue weighted by Crippen LogP contribution is -2.42. The van der Waals surface area contributed by atoms with Gasteiger partial charge in [-0.2, -0.15) is 5.26 Å². The van der Waals surface area contributed by atoms with Gasteiger partial charge in [-0.1, -0.05) is 23.7 Å². The van der Waals surface area contributed by atoms with Gasteiger partial charge in [-0.25, -0.2) is 0 Å². The maximum atomic E-state index is 12.3. The Labute approximate surface area is 141 Å². The number of rotatable bonds is 5. The van der Waals surface area contributed by atoms with Crippen LogP contribution in [0.1, 0.15) is 24.8 Å². The topological polar surface area (TPSA) is 73.2 Å². The molecule has 1 fully saturated rings. The van der Waals surface area contributed by atoms with Crippen molar-refractivity contribution >= 4 is 23.4 Å². The van der Waals surface area contributed by atoms with Gasteiger partial charge < -0.3 is 10.2 Å². The van der Waals surface area contributed by atoms with E-state index in [1.54, 1.807) is 6.07 Å². The molecule has 1 heterocycles. The Kier molecular flexibility index (Phi) is 6.42. The van der Waals surface area contributed by atoms with Crippen molar-refractivity contribution in [1.82, 2.24) is 10.2 Å². The van der Waals surface area contributed by atoms with E-state index in [-0.39, 0.29) is 18.2 Å². The van der Waals surface area contributed by atoms with Crippen LogP contribution < -0.4 is 5.32 Å². The summed E-state index contributed by atoms with van der Waals surface area (Å²) >= 11 is 5.94. The first-order chi connectivity index (χ1) is 11.1. The molecule has 1 N–H and O–H groups in total. The summed E-state index contributed by atoms with van der Waals surface area (Å²) in [7, 11) is 0. The molecular weight excluding hydrogens is 314 g/mol. The van der Waals surface area contributed by atoms with E-state index in [2.05, 4.69) is 5.32 Å². The third-order valence-electron chi connectivity index (χ3n) is 4.04. The number of carbonyl (C=O) groups is 2. The van der Waals surface area contributed by atoms with E-state index in [1.807, 2.05) is 29.2 Å². The van der Waals surface area contributed by atoms with Gasteiger partial charge in [-0.3, -0.25) is 9.59 Å². The highest BCUT2D eigenvalue weighted by atomic mass is 35.5. The number of carbonyl (C=O) groups excluding carboxylic acids is 2. The number of amides is 2. The van der Waals surface area contributed by atoms with Gasteiger partial charge in [0.05, 0.1) is 12.5 Å². The largest absolute Gasteiger partial charge is 0.355 e. The number of likely N-dealkylation sites (tertiary alicyclic amines) is 1. The molecule has 1 saturated heterocycles. The summed E-state index contributed by atoms with van der Waals surface area (Å²) in [5.74, 6) is 0.249. The molecule has 0 unspecified atom stereocenters. The van der Waals surface area contributed by atoms with Crippen molar-refractivity contribution in [3.8, 4) is 6.07 Å². The Morgan fingerprint density at radius 1 is 1.35 bits per heavy atom. The zero-order valence-electron chi connectivity index (χ0n) is 12.9. The lowest BCUT2D eigenvalue weighted by atomic mass is 9.96. The van der Waals surface area contributed by atoms with Gasteiger partial charge in [-0.15, -0.1) is 0 Å². The van der Waals surface area contributed by atoms with Crippen molar-refractivity contribution < 1.29 is 9.59 Å². The van der Waals surface area contributed by atoms with Crippen molar-refractivity contribution in [3.63, 3.8) is 0 Å². The Morgan fingerprint density at radius 3 is 2.74 bits per heavy atom. The van der Waals surface area contributed by atoms with Crippen molar-refractivity contribution in [2.45, 2.75) is 25.7 Å². The van der Waals surface area contributed by atoms with Crippen LogP contribution in [0.15, 0.2) is 24.3 Å². The molecule has 2 amide bonds. The summed E-state index contributed by atoms with van der Waals surface area (Å²) in [5, 5.41) is 11.8. The smallest absolute Gasteiger partial charge is 0.234 e. The Morgan fingerprint density at radius 2 is 2.09 bits per heavy atom. The average molecular weight is 334 g/mol. The third kappa shape index (κ3) is 5.57. The van der Waals surface area contributed by atoms with Gasteiger partial charge in [0.25, 0.3) is 0 Å². The summed E-state index contributed by atoms with van der Waals surface area (Å²) in [6, 6.07) is 9.19. The maximum absolute atomic E-state index is 12.3. The molecule has 1 aromatic carbocycles. The van der Waals surface area contributed by atoms with Gasteiger partial charge in [0.1, 0.15) is 6.42 Å². The third-order valence-corrected chi connectivity index (χ3v) is 4.27. The Hall–Kier alpha value is -2.06. The molecule has 0 atom stereocenters. The fraction of sp³-hybridized carbons (Fsp3) is 0.471. The van der Waals surface area contributed by atoms with Gasteiger partial charge in [0, 0.05) is 24.7 Å². The van der Waals surface area contributed by atoms with Crippen molar-refractivity contribution in [2.75, 3.05) is 19.6 Å². The van der Waals surface area contributed by atoms with Crippen LogP contribution in [0.5, 0.6) is 0 Å². The minimum atomic E-state index is -0.230. The molecule has 5 nitrogen and oxygen atoms in total. The molecule has 0 radical (unpaired) electrons. The van der Waals surface area contributed by atoms with Crippen LogP contribution in [0.25, 0.3) is 0 Å². The quantitative estimate of drug-likeness (QED) is 0.897. The number of piperidine rings is 1. The van der Waals surface area contributed by atoms with Gasteiger partial charge in [-0.05, 0) is 36.5 Å². The lowest BCUT2D eigenvalue weighted by Gasteiger charge is -2.32. The fourth-order valence-electron chi connectivity index (χ4n) is 2.71. The van der Waals surface area contributed by atoms with Crippen molar-refractivity contribution in [1.29, 1.82) is 5.26 Å². The second-order valence-corrected chi connectivity index (χ2v) is 6.21. The van der Waals surface area contributed by atoms with E-state index in [4.69, 9.17) is 16.9 Å². The summed E-state index contributed by atoms with van der Waals surface area (Å²) in [4.78, 5) is 25.5. The molecule has 0 aliphatic carbocycles. The zero-order valence-corrected chi connectivity index (χ0v) is 13.7. The van der Waals surface area contributed by atoms with E-state index < -0.39 is 0 Å².